The van der Waals surface area contributed by atoms with Gasteiger partial charge in [-0.15, -0.1) is 5.10 Å². The van der Waals surface area contributed by atoms with Gasteiger partial charge in [0.05, 0.1) is 11.6 Å². The highest BCUT2D eigenvalue weighted by atomic mass is 16.4. The number of hydrogen-bond acceptors (Lipinski definition) is 4. The lowest BCUT2D eigenvalue weighted by Gasteiger charge is -2.50. The maximum atomic E-state index is 11.3. The van der Waals surface area contributed by atoms with Gasteiger partial charge in [-0.1, -0.05) is 42.5 Å². The summed E-state index contributed by atoms with van der Waals surface area (Å²) in [6, 6.07) is 16.6. The second-order valence-corrected chi connectivity index (χ2v) is 8.95. The van der Waals surface area contributed by atoms with Gasteiger partial charge in [0.2, 0.25) is 5.82 Å². The Hall–Kier alpha value is -3.74. The summed E-state index contributed by atoms with van der Waals surface area (Å²) in [5, 5.41) is 13.2. The van der Waals surface area contributed by atoms with E-state index in [1.807, 2.05) is 24.3 Å². The molecular weight excluding hydrogens is 404 g/mol. The molecule has 1 heterocycles. The van der Waals surface area contributed by atoms with Crippen molar-refractivity contribution in [3.8, 4) is 5.69 Å². The van der Waals surface area contributed by atoms with Crippen LogP contribution in [0.1, 0.15) is 52.4 Å². The van der Waals surface area contributed by atoms with E-state index in [1.54, 1.807) is 11.6 Å². The summed E-state index contributed by atoms with van der Waals surface area (Å²) in [7, 11) is 0. The second kappa shape index (κ2) is 7.44. The van der Waals surface area contributed by atoms with E-state index in [9.17, 15) is 9.59 Å². The number of benzene rings is 2. The summed E-state index contributed by atoms with van der Waals surface area (Å²) in [6.07, 6.45) is 5.62. The van der Waals surface area contributed by atoms with Crippen LogP contribution in [0, 0.1) is 18.3 Å². The maximum Gasteiger partial charge on any atom is 0.306 e. The Labute approximate surface area is 185 Å². The number of hydrogen-bond donors (Lipinski definition) is 2. The zero-order valence-electron chi connectivity index (χ0n) is 17.8. The van der Waals surface area contributed by atoms with E-state index in [-0.39, 0.29) is 17.2 Å². The molecule has 0 bridgehead atoms. The fraction of sp³-hybridized carbons (Fsp3) is 0.280. The quantitative estimate of drug-likeness (QED) is 0.624. The predicted octanol–water partition coefficient (Wildman–Crippen LogP) is 3.53. The summed E-state index contributed by atoms with van der Waals surface area (Å²) in [5.41, 5.74) is 11.2. The lowest BCUT2D eigenvalue weighted by Crippen LogP contribution is -2.43. The Kier molecular flexibility index (Phi) is 4.69. The van der Waals surface area contributed by atoms with E-state index in [1.165, 1.54) is 22.3 Å². The number of carboxylic acids is 1. The van der Waals surface area contributed by atoms with Crippen LogP contribution in [0.5, 0.6) is 0 Å². The third kappa shape index (κ3) is 3.60. The van der Waals surface area contributed by atoms with Gasteiger partial charge in [-0.05, 0) is 72.4 Å². The Balaban J connectivity index is 1.23. The minimum atomic E-state index is -0.665. The molecule has 2 aromatic carbocycles. The van der Waals surface area contributed by atoms with Gasteiger partial charge >= 0.3 is 5.97 Å². The van der Waals surface area contributed by atoms with Crippen molar-refractivity contribution >= 4 is 17.4 Å². The molecule has 5 rings (SSSR count). The van der Waals surface area contributed by atoms with E-state index in [4.69, 9.17) is 10.8 Å². The molecule has 3 N–H and O–H groups in total. The summed E-state index contributed by atoms with van der Waals surface area (Å²) in [6.45, 7) is 1.78. The van der Waals surface area contributed by atoms with Gasteiger partial charge in [0.25, 0.3) is 5.91 Å². The van der Waals surface area contributed by atoms with Crippen molar-refractivity contribution in [1.29, 1.82) is 0 Å². The van der Waals surface area contributed by atoms with Gasteiger partial charge in [0.15, 0.2) is 0 Å². The zero-order chi connectivity index (χ0) is 22.5. The Morgan fingerprint density at radius 1 is 1.09 bits per heavy atom. The van der Waals surface area contributed by atoms with Crippen molar-refractivity contribution in [1.82, 2.24) is 14.8 Å². The summed E-state index contributed by atoms with van der Waals surface area (Å²) in [5.74, 6) is -0.855. The van der Waals surface area contributed by atoms with E-state index >= 15 is 0 Å². The number of nitrogens with zero attached hydrogens (tertiary/aromatic N) is 3. The standard InChI is InChI=1S/C25H24N4O3/c1-15-27-23(22(26)30)28-29(15)21-8-4-17(5-9-21)10-16-2-6-18(7-3-16)19-11-25(12-19)13-20(14-25)24(31)32/h2-9,11,20H,10,12-14H2,1H3,(H2,26,30)(H,31,32). The van der Waals surface area contributed by atoms with Crippen LogP contribution in [-0.2, 0) is 11.2 Å². The number of carbonyl (C=O) groups is 2. The highest BCUT2D eigenvalue weighted by Gasteiger charge is 2.50. The minimum Gasteiger partial charge on any atom is -0.481 e. The average Bonchev–Trinajstić information content (AvgIpc) is 3.09. The summed E-state index contributed by atoms with van der Waals surface area (Å²) in [4.78, 5) is 26.4. The number of nitrogens with two attached hydrogens (primary N) is 1. The lowest BCUT2D eigenvalue weighted by atomic mass is 9.53. The highest BCUT2D eigenvalue weighted by molar-refractivity contribution is 5.88. The van der Waals surface area contributed by atoms with Crippen molar-refractivity contribution < 1.29 is 14.7 Å². The fourth-order valence-electron chi connectivity index (χ4n) is 4.83. The molecule has 32 heavy (non-hydrogen) atoms. The van der Waals surface area contributed by atoms with Crippen molar-refractivity contribution in [2.75, 3.05) is 0 Å². The highest BCUT2D eigenvalue weighted by Crippen LogP contribution is 2.59. The lowest BCUT2D eigenvalue weighted by molar-refractivity contribution is -0.148. The van der Waals surface area contributed by atoms with Crippen LogP contribution in [0.2, 0.25) is 0 Å². The number of aromatic nitrogens is 3. The molecule has 2 aliphatic rings. The minimum absolute atomic E-state index is 0.0122. The summed E-state index contributed by atoms with van der Waals surface area (Å²) >= 11 is 0. The van der Waals surface area contributed by atoms with Crippen molar-refractivity contribution in [3.63, 3.8) is 0 Å². The topological polar surface area (TPSA) is 111 Å². The first-order valence-corrected chi connectivity index (χ1v) is 10.7. The molecule has 2 aliphatic carbocycles. The normalized spacial score (nSPS) is 21.5. The van der Waals surface area contributed by atoms with Crippen LogP contribution in [0.3, 0.4) is 0 Å². The number of aryl methyl sites for hydroxylation is 1. The number of rotatable bonds is 6. The molecule has 0 unspecified atom stereocenters. The molecule has 1 spiro atoms. The monoisotopic (exact) mass is 428 g/mol. The SMILES string of the molecule is Cc1nc(C(N)=O)nn1-c1ccc(Cc2ccc(C3=CC4(C3)CC(C(=O)O)C4)cc2)cc1. The molecule has 1 saturated carbocycles. The number of carboxylic acid groups (broad SMARTS) is 1. The number of aliphatic carboxylic acids is 1. The molecule has 3 aromatic rings. The van der Waals surface area contributed by atoms with Crippen molar-refractivity contribution in [2.24, 2.45) is 17.1 Å². The second-order valence-electron chi connectivity index (χ2n) is 8.95. The van der Waals surface area contributed by atoms with Crippen LogP contribution in [0.15, 0.2) is 54.6 Å². The third-order valence-corrected chi connectivity index (χ3v) is 6.58. The molecular formula is C25H24N4O3. The van der Waals surface area contributed by atoms with Crippen LogP contribution in [0.25, 0.3) is 11.3 Å². The number of allylic oxidation sites excluding steroid dienone is 2. The van der Waals surface area contributed by atoms with E-state index in [0.29, 0.717) is 5.82 Å². The Morgan fingerprint density at radius 2 is 1.69 bits per heavy atom. The number of carbonyl (C=O) groups excluding carboxylic acids is 1. The Bertz CT molecular complexity index is 1230. The Morgan fingerprint density at radius 3 is 2.22 bits per heavy atom. The van der Waals surface area contributed by atoms with Crippen LogP contribution >= 0.6 is 0 Å². The molecule has 1 fully saturated rings. The van der Waals surface area contributed by atoms with Crippen LogP contribution in [0.4, 0.5) is 0 Å². The molecule has 1 aromatic heterocycles. The van der Waals surface area contributed by atoms with E-state index in [0.717, 1.165) is 31.4 Å². The molecule has 1 amide bonds. The van der Waals surface area contributed by atoms with E-state index < -0.39 is 11.9 Å². The van der Waals surface area contributed by atoms with Gasteiger partial charge < -0.3 is 10.8 Å². The molecule has 7 nitrogen and oxygen atoms in total. The first-order chi connectivity index (χ1) is 15.3. The van der Waals surface area contributed by atoms with E-state index in [2.05, 4.69) is 40.4 Å². The smallest absolute Gasteiger partial charge is 0.306 e. The molecule has 0 atom stereocenters. The van der Waals surface area contributed by atoms with Gasteiger partial charge in [0, 0.05) is 0 Å². The molecule has 0 radical (unpaired) electrons. The van der Waals surface area contributed by atoms with Crippen LogP contribution < -0.4 is 5.73 Å². The zero-order valence-corrected chi connectivity index (χ0v) is 17.8. The number of primary amides is 1. The van der Waals surface area contributed by atoms with Crippen molar-refractivity contribution in [3.05, 3.63) is 82.9 Å². The summed E-state index contributed by atoms with van der Waals surface area (Å²) < 4.78 is 1.61. The first kappa shape index (κ1) is 20.2. The molecule has 162 valence electrons. The molecule has 7 heteroatoms. The largest absolute Gasteiger partial charge is 0.481 e. The maximum absolute atomic E-state index is 11.3. The molecule has 0 aliphatic heterocycles. The first-order valence-electron chi connectivity index (χ1n) is 10.7. The molecule has 0 saturated heterocycles. The number of amides is 1. The van der Waals surface area contributed by atoms with Gasteiger partial charge in [0.1, 0.15) is 5.82 Å². The van der Waals surface area contributed by atoms with Crippen LogP contribution in [-0.4, -0.2) is 31.7 Å². The predicted molar refractivity (Wildman–Crippen MR) is 119 cm³/mol. The van der Waals surface area contributed by atoms with Gasteiger partial charge in [-0.25, -0.2) is 9.67 Å². The third-order valence-electron chi connectivity index (χ3n) is 6.58. The average molecular weight is 428 g/mol. The van der Waals surface area contributed by atoms with Crippen molar-refractivity contribution in [2.45, 2.75) is 32.6 Å². The van der Waals surface area contributed by atoms with Gasteiger partial charge in [-0.3, -0.25) is 9.59 Å². The fourth-order valence-corrected chi connectivity index (χ4v) is 4.83. The van der Waals surface area contributed by atoms with Gasteiger partial charge in [-0.2, -0.15) is 0 Å².